The highest BCUT2D eigenvalue weighted by molar-refractivity contribution is 5.90. The lowest BCUT2D eigenvalue weighted by Gasteiger charge is -2.19. The quantitative estimate of drug-likeness (QED) is 0.690. The number of esters is 1. The lowest BCUT2D eigenvalue weighted by Crippen LogP contribution is -2.23. The number of carbonyl (C=O) groups excluding carboxylic acids is 1. The third-order valence-electron chi connectivity index (χ3n) is 2.05. The SMILES string of the molecule is CC(C)(C)OC(=O)c1ccn2cncc2c1. The van der Waals surface area contributed by atoms with E-state index in [9.17, 15) is 4.79 Å². The molecule has 0 saturated carbocycles. The van der Waals surface area contributed by atoms with Crippen molar-refractivity contribution in [2.45, 2.75) is 26.4 Å². The van der Waals surface area contributed by atoms with Crippen molar-refractivity contribution in [3.05, 3.63) is 36.4 Å². The Morgan fingerprint density at radius 3 is 2.88 bits per heavy atom. The predicted octanol–water partition coefficient (Wildman–Crippen LogP) is 2.29. The van der Waals surface area contributed by atoms with E-state index in [1.807, 2.05) is 25.2 Å². The van der Waals surface area contributed by atoms with Crippen molar-refractivity contribution < 1.29 is 9.53 Å². The monoisotopic (exact) mass is 218 g/mol. The summed E-state index contributed by atoms with van der Waals surface area (Å²) >= 11 is 0. The van der Waals surface area contributed by atoms with E-state index in [1.54, 1.807) is 30.9 Å². The number of imidazole rings is 1. The molecule has 0 aromatic carbocycles. The molecule has 4 nitrogen and oxygen atoms in total. The summed E-state index contributed by atoms with van der Waals surface area (Å²) in [6.45, 7) is 5.55. The van der Waals surface area contributed by atoms with Gasteiger partial charge >= 0.3 is 5.97 Å². The van der Waals surface area contributed by atoms with Crippen molar-refractivity contribution in [2.24, 2.45) is 0 Å². The summed E-state index contributed by atoms with van der Waals surface area (Å²) in [6, 6.07) is 3.49. The first-order chi connectivity index (χ1) is 7.46. The lowest BCUT2D eigenvalue weighted by atomic mass is 10.2. The van der Waals surface area contributed by atoms with Gasteiger partial charge in [0.05, 0.1) is 23.6 Å². The normalized spacial score (nSPS) is 11.7. The predicted molar refractivity (Wildman–Crippen MR) is 60.4 cm³/mol. The zero-order valence-electron chi connectivity index (χ0n) is 9.60. The highest BCUT2D eigenvalue weighted by atomic mass is 16.6. The minimum atomic E-state index is -0.469. The number of pyridine rings is 1. The number of aromatic nitrogens is 2. The third kappa shape index (κ3) is 2.21. The third-order valence-corrected chi connectivity index (χ3v) is 2.05. The Balaban J connectivity index is 2.29. The fourth-order valence-corrected chi connectivity index (χ4v) is 1.38. The molecule has 0 radical (unpaired) electrons. The van der Waals surface area contributed by atoms with Crippen LogP contribution in [0.5, 0.6) is 0 Å². The van der Waals surface area contributed by atoms with Crippen LogP contribution in [0.15, 0.2) is 30.9 Å². The summed E-state index contributed by atoms with van der Waals surface area (Å²) in [4.78, 5) is 15.8. The van der Waals surface area contributed by atoms with Gasteiger partial charge in [-0.1, -0.05) is 0 Å². The number of hydrogen-bond acceptors (Lipinski definition) is 3. The van der Waals surface area contributed by atoms with E-state index in [1.165, 1.54) is 0 Å². The summed E-state index contributed by atoms with van der Waals surface area (Å²) in [5, 5.41) is 0. The molecule has 2 rings (SSSR count). The molecule has 2 aromatic heterocycles. The van der Waals surface area contributed by atoms with E-state index < -0.39 is 5.60 Å². The zero-order valence-corrected chi connectivity index (χ0v) is 9.60. The minimum Gasteiger partial charge on any atom is -0.456 e. The molecule has 0 N–H and O–H groups in total. The average Bonchev–Trinajstić information content (AvgIpc) is 2.61. The second-order valence-corrected chi connectivity index (χ2v) is 4.64. The highest BCUT2D eigenvalue weighted by Crippen LogP contribution is 2.13. The molecule has 0 saturated heterocycles. The molecule has 0 spiro atoms. The van der Waals surface area contributed by atoms with Crippen LogP contribution in [0.3, 0.4) is 0 Å². The second-order valence-electron chi connectivity index (χ2n) is 4.64. The minimum absolute atomic E-state index is 0.309. The van der Waals surface area contributed by atoms with Crippen molar-refractivity contribution in [3.8, 4) is 0 Å². The Morgan fingerprint density at radius 2 is 2.19 bits per heavy atom. The molecule has 16 heavy (non-hydrogen) atoms. The Hall–Kier alpha value is -1.84. The van der Waals surface area contributed by atoms with Crippen LogP contribution in [0.1, 0.15) is 31.1 Å². The Labute approximate surface area is 93.9 Å². The van der Waals surface area contributed by atoms with Gasteiger partial charge in [0.25, 0.3) is 0 Å². The highest BCUT2D eigenvalue weighted by Gasteiger charge is 2.17. The van der Waals surface area contributed by atoms with Gasteiger partial charge in [0.1, 0.15) is 5.60 Å². The molecule has 4 heteroatoms. The van der Waals surface area contributed by atoms with Gasteiger partial charge in [-0.2, -0.15) is 0 Å². The van der Waals surface area contributed by atoms with E-state index in [0.717, 1.165) is 5.52 Å². The molecular weight excluding hydrogens is 204 g/mol. The first-order valence-corrected chi connectivity index (χ1v) is 5.11. The van der Waals surface area contributed by atoms with Gasteiger partial charge in [-0.25, -0.2) is 9.78 Å². The maximum atomic E-state index is 11.8. The van der Waals surface area contributed by atoms with Crippen LogP contribution in [-0.2, 0) is 4.74 Å². The van der Waals surface area contributed by atoms with Crippen LogP contribution in [-0.4, -0.2) is 21.0 Å². The fraction of sp³-hybridized carbons (Fsp3) is 0.333. The molecular formula is C12H14N2O2. The van der Waals surface area contributed by atoms with Crippen molar-refractivity contribution >= 4 is 11.5 Å². The maximum Gasteiger partial charge on any atom is 0.338 e. The van der Waals surface area contributed by atoms with E-state index in [4.69, 9.17) is 4.74 Å². The first kappa shape index (κ1) is 10.7. The largest absolute Gasteiger partial charge is 0.456 e. The van der Waals surface area contributed by atoms with Crippen LogP contribution in [0.25, 0.3) is 5.52 Å². The van der Waals surface area contributed by atoms with Crippen LogP contribution in [0.4, 0.5) is 0 Å². The van der Waals surface area contributed by atoms with Crippen LogP contribution in [0, 0.1) is 0 Å². The smallest absolute Gasteiger partial charge is 0.338 e. The number of carbonyl (C=O) groups is 1. The zero-order chi connectivity index (χ0) is 11.8. The summed E-state index contributed by atoms with van der Waals surface area (Å²) in [7, 11) is 0. The molecule has 0 aliphatic carbocycles. The molecule has 0 aliphatic rings. The second kappa shape index (κ2) is 3.63. The van der Waals surface area contributed by atoms with Crippen LogP contribution >= 0.6 is 0 Å². The van der Waals surface area contributed by atoms with Crippen molar-refractivity contribution in [1.82, 2.24) is 9.38 Å². The van der Waals surface area contributed by atoms with E-state index in [2.05, 4.69) is 4.98 Å². The Bertz CT molecular complexity index is 523. The van der Waals surface area contributed by atoms with Crippen LogP contribution < -0.4 is 0 Å². The van der Waals surface area contributed by atoms with Crippen molar-refractivity contribution in [1.29, 1.82) is 0 Å². The molecule has 0 aliphatic heterocycles. The topological polar surface area (TPSA) is 43.6 Å². The van der Waals surface area contributed by atoms with E-state index >= 15 is 0 Å². The Kier molecular flexibility index (Phi) is 2.42. The van der Waals surface area contributed by atoms with Crippen molar-refractivity contribution in [3.63, 3.8) is 0 Å². The summed E-state index contributed by atoms with van der Waals surface area (Å²) in [5.41, 5.74) is 0.954. The number of hydrogen-bond donors (Lipinski definition) is 0. The van der Waals surface area contributed by atoms with Gasteiger partial charge in [0, 0.05) is 6.20 Å². The first-order valence-electron chi connectivity index (χ1n) is 5.11. The number of fused-ring (bicyclic) bond motifs is 1. The van der Waals surface area contributed by atoms with Gasteiger partial charge in [-0.3, -0.25) is 0 Å². The molecule has 0 amide bonds. The van der Waals surface area contributed by atoms with Crippen molar-refractivity contribution in [2.75, 3.05) is 0 Å². The number of rotatable bonds is 1. The number of ether oxygens (including phenoxy) is 1. The van der Waals surface area contributed by atoms with Crippen LogP contribution in [0.2, 0.25) is 0 Å². The molecule has 2 heterocycles. The standard InChI is InChI=1S/C12H14N2O2/c1-12(2,3)16-11(15)9-4-5-14-8-13-7-10(14)6-9/h4-8H,1-3H3. The van der Waals surface area contributed by atoms with Gasteiger partial charge in [-0.15, -0.1) is 0 Å². The summed E-state index contributed by atoms with van der Waals surface area (Å²) in [5.74, 6) is -0.309. The summed E-state index contributed by atoms with van der Waals surface area (Å²) in [6.07, 6.45) is 5.18. The Morgan fingerprint density at radius 1 is 1.44 bits per heavy atom. The molecule has 0 unspecified atom stereocenters. The molecule has 0 atom stereocenters. The van der Waals surface area contributed by atoms with E-state index in [-0.39, 0.29) is 5.97 Å². The van der Waals surface area contributed by atoms with Gasteiger partial charge in [0.2, 0.25) is 0 Å². The molecule has 84 valence electrons. The van der Waals surface area contributed by atoms with Gasteiger partial charge in [-0.05, 0) is 32.9 Å². The van der Waals surface area contributed by atoms with Gasteiger partial charge in [0.15, 0.2) is 0 Å². The van der Waals surface area contributed by atoms with E-state index in [0.29, 0.717) is 5.56 Å². The maximum absolute atomic E-state index is 11.8. The molecule has 2 aromatic rings. The fourth-order valence-electron chi connectivity index (χ4n) is 1.38. The molecule has 0 fully saturated rings. The molecule has 0 bridgehead atoms. The average molecular weight is 218 g/mol. The lowest BCUT2D eigenvalue weighted by molar-refractivity contribution is 0.00696. The van der Waals surface area contributed by atoms with Gasteiger partial charge < -0.3 is 9.14 Å². The number of nitrogens with zero attached hydrogens (tertiary/aromatic N) is 2. The summed E-state index contributed by atoms with van der Waals surface area (Å²) < 4.78 is 7.12.